The Labute approximate surface area is 232 Å². The Bertz CT molecular complexity index is 1600. The zero-order chi connectivity index (χ0) is 27.6. The van der Waals surface area contributed by atoms with Gasteiger partial charge >= 0.3 is 0 Å². The lowest BCUT2D eigenvalue weighted by atomic mass is 9.93. The van der Waals surface area contributed by atoms with Gasteiger partial charge in [0, 0.05) is 35.3 Å². The molecule has 1 N–H and O–H groups in total. The second-order valence-electron chi connectivity index (χ2n) is 10.1. The van der Waals surface area contributed by atoms with Crippen molar-refractivity contribution in [3.63, 3.8) is 0 Å². The summed E-state index contributed by atoms with van der Waals surface area (Å²) in [5.74, 6) is -1.41. The minimum Gasteiger partial charge on any atom is -0.373 e. The molecule has 1 saturated heterocycles. The number of ketones is 1. The van der Waals surface area contributed by atoms with Crippen LogP contribution in [0.5, 0.6) is 0 Å². The van der Waals surface area contributed by atoms with Gasteiger partial charge in [0.2, 0.25) is 0 Å². The third-order valence-corrected chi connectivity index (χ3v) is 7.42. The van der Waals surface area contributed by atoms with Crippen LogP contribution in [0.1, 0.15) is 32.7 Å². The average molecular weight is 534 g/mol. The van der Waals surface area contributed by atoms with Crippen molar-refractivity contribution in [2.24, 2.45) is 10.9 Å². The summed E-state index contributed by atoms with van der Waals surface area (Å²) in [4.78, 5) is 33.3. The predicted octanol–water partition coefficient (Wildman–Crippen LogP) is 6.32. The summed E-state index contributed by atoms with van der Waals surface area (Å²) < 4.78 is 21.2. The number of carbonyl (C=O) groups is 2. The van der Waals surface area contributed by atoms with Gasteiger partial charge in [0.15, 0.2) is 5.78 Å². The lowest BCUT2D eigenvalue weighted by Gasteiger charge is -2.40. The Balaban J connectivity index is 1.24. The predicted molar refractivity (Wildman–Crippen MR) is 154 cm³/mol. The monoisotopic (exact) mass is 533 g/mol. The fraction of sp³-hybridized carbons (Fsp3) is 0.182. The average Bonchev–Trinajstić information content (AvgIpc) is 3.17. The minimum absolute atomic E-state index is 0.0392. The Morgan fingerprint density at radius 2 is 1.88 bits per heavy atom. The topological polar surface area (TPSA) is 71.0 Å². The van der Waals surface area contributed by atoms with Gasteiger partial charge in [-0.05, 0) is 54.8 Å². The summed E-state index contributed by atoms with van der Waals surface area (Å²) >= 11 is 0. The third-order valence-electron chi connectivity index (χ3n) is 7.42. The van der Waals surface area contributed by atoms with E-state index in [-0.39, 0.29) is 35.5 Å². The molecule has 7 heteroatoms. The zero-order valence-electron chi connectivity index (χ0n) is 22.0. The number of fused-ring (bicyclic) bond motifs is 3. The molecular formula is C33H28FN3O3. The highest BCUT2D eigenvalue weighted by molar-refractivity contribution is 6.09. The van der Waals surface area contributed by atoms with Crippen LogP contribution in [0.4, 0.5) is 10.1 Å². The van der Waals surface area contributed by atoms with Gasteiger partial charge in [0.05, 0.1) is 24.5 Å². The van der Waals surface area contributed by atoms with Gasteiger partial charge in [-0.3, -0.25) is 14.6 Å². The molecule has 3 aliphatic rings. The summed E-state index contributed by atoms with van der Waals surface area (Å²) in [7, 11) is 0. The molecule has 0 spiro atoms. The van der Waals surface area contributed by atoms with Gasteiger partial charge < -0.3 is 15.0 Å². The number of nitrogens with zero attached hydrogens (tertiary/aromatic N) is 2. The SMILES string of the molecule is Cc1ccc(-c2ccccc2C(=O)Nc2ccc(C(=O)C3COCC4=CN=CC5CC=CC=C5N43)c(F)c2)cc1. The molecule has 2 heterocycles. The van der Waals surface area contributed by atoms with Crippen molar-refractivity contribution in [3.8, 4) is 11.1 Å². The van der Waals surface area contributed by atoms with Crippen LogP contribution in [-0.2, 0) is 4.74 Å². The Kier molecular flexibility index (Phi) is 6.97. The van der Waals surface area contributed by atoms with E-state index in [1.807, 2.05) is 66.6 Å². The van der Waals surface area contributed by atoms with E-state index in [0.717, 1.165) is 34.5 Å². The summed E-state index contributed by atoms with van der Waals surface area (Å²) in [6, 6.07) is 18.7. The smallest absolute Gasteiger partial charge is 0.256 e. The number of aliphatic imine (C=N–C) groups is 1. The van der Waals surface area contributed by atoms with Gasteiger partial charge in [-0.1, -0.05) is 60.2 Å². The van der Waals surface area contributed by atoms with Crippen LogP contribution in [-0.4, -0.2) is 42.1 Å². The maximum Gasteiger partial charge on any atom is 0.256 e. The van der Waals surface area contributed by atoms with Crippen LogP contribution < -0.4 is 5.32 Å². The number of aryl methyl sites for hydroxylation is 1. The largest absolute Gasteiger partial charge is 0.373 e. The molecule has 2 atom stereocenters. The van der Waals surface area contributed by atoms with Crippen LogP contribution in [0.25, 0.3) is 11.1 Å². The first-order chi connectivity index (χ1) is 19.5. The number of allylic oxidation sites excluding steroid dienone is 4. The lowest BCUT2D eigenvalue weighted by molar-refractivity contribution is 0.0356. The van der Waals surface area contributed by atoms with Crippen molar-refractivity contribution in [3.05, 3.63) is 125 Å². The van der Waals surface area contributed by atoms with Crippen molar-refractivity contribution in [1.82, 2.24) is 4.90 Å². The van der Waals surface area contributed by atoms with Crippen molar-refractivity contribution in [2.75, 3.05) is 18.5 Å². The highest BCUT2D eigenvalue weighted by atomic mass is 19.1. The summed E-state index contributed by atoms with van der Waals surface area (Å²) in [5, 5.41) is 2.79. The van der Waals surface area contributed by atoms with Crippen molar-refractivity contribution < 1.29 is 18.7 Å². The number of hydrogen-bond donors (Lipinski definition) is 1. The minimum atomic E-state index is -0.724. The van der Waals surface area contributed by atoms with E-state index in [4.69, 9.17) is 4.74 Å². The molecule has 3 aromatic rings. The molecule has 200 valence electrons. The molecule has 0 bridgehead atoms. The summed E-state index contributed by atoms with van der Waals surface area (Å²) in [6.45, 7) is 2.47. The number of rotatable bonds is 5. The van der Waals surface area contributed by atoms with Crippen LogP contribution in [0.2, 0.25) is 0 Å². The normalized spacial score (nSPS) is 19.6. The standard InChI is InChI=1S/C33H28FN3O3/c1-21-10-12-22(13-11-21)26-7-3-4-8-27(26)33(39)36-24-14-15-28(29(34)16-24)32(38)31-20-40-19-25-18-35-17-23-6-2-5-9-30(23)37(25)31/h2-5,7-18,23,31H,6,19-20H2,1H3,(H,36,39). The fourth-order valence-electron chi connectivity index (χ4n) is 5.36. The van der Waals surface area contributed by atoms with E-state index >= 15 is 4.39 Å². The first kappa shape index (κ1) is 25.6. The number of carbonyl (C=O) groups excluding carboxylic acids is 2. The van der Waals surface area contributed by atoms with Crippen molar-refractivity contribution >= 4 is 23.6 Å². The first-order valence-corrected chi connectivity index (χ1v) is 13.3. The number of ether oxygens (including phenoxy) is 1. The first-order valence-electron chi connectivity index (χ1n) is 13.3. The number of morpholine rings is 1. The molecule has 1 amide bonds. The van der Waals surface area contributed by atoms with Crippen LogP contribution in [0, 0.1) is 18.7 Å². The molecule has 2 unspecified atom stereocenters. The van der Waals surface area contributed by atoms with E-state index in [0.29, 0.717) is 12.2 Å². The summed E-state index contributed by atoms with van der Waals surface area (Å²) in [5.41, 5.74) is 5.21. The molecule has 1 fully saturated rings. The number of halogens is 1. The zero-order valence-corrected chi connectivity index (χ0v) is 22.0. The quantitative estimate of drug-likeness (QED) is 0.390. The third kappa shape index (κ3) is 4.92. The highest BCUT2D eigenvalue weighted by Gasteiger charge is 2.38. The van der Waals surface area contributed by atoms with Crippen molar-refractivity contribution in [2.45, 2.75) is 19.4 Å². The number of benzene rings is 3. The van der Waals surface area contributed by atoms with E-state index in [2.05, 4.69) is 16.4 Å². The molecule has 40 heavy (non-hydrogen) atoms. The van der Waals surface area contributed by atoms with Crippen LogP contribution >= 0.6 is 0 Å². The Hall–Kier alpha value is -4.62. The number of nitrogens with one attached hydrogen (secondary N) is 1. The van der Waals surface area contributed by atoms with Gasteiger partial charge in [0.1, 0.15) is 11.9 Å². The summed E-state index contributed by atoms with van der Waals surface area (Å²) in [6.07, 6.45) is 10.4. The Morgan fingerprint density at radius 3 is 2.70 bits per heavy atom. The molecule has 3 aromatic carbocycles. The molecule has 0 saturated carbocycles. The van der Waals surface area contributed by atoms with E-state index in [1.54, 1.807) is 24.4 Å². The van der Waals surface area contributed by atoms with Gasteiger partial charge in [-0.15, -0.1) is 0 Å². The molecular weight excluding hydrogens is 505 g/mol. The van der Waals surface area contributed by atoms with E-state index in [9.17, 15) is 9.59 Å². The lowest BCUT2D eigenvalue weighted by Crippen LogP contribution is -2.49. The van der Waals surface area contributed by atoms with E-state index in [1.165, 1.54) is 12.1 Å². The molecule has 0 aromatic heterocycles. The van der Waals surface area contributed by atoms with Crippen LogP contribution in [0.15, 0.2) is 108 Å². The van der Waals surface area contributed by atoms with Gasteiger partial charge in [-0.25, -0.2) is 4.39 Å². The van der Waals surface area contributed by atoms with Gasteiger partial charge in [-0.2, -0.15) is 0 Å². The molecule has 6 rings (SSSR count). The molecule has 2 aliphatic heterocycles. The molecule has 6 nitrogen and oxygen atoms in total. The number of Topliss-reactive ketones (excluding diaryl/α,β-unsaturated/α-hetero) is 1. The van der Waals surface area contributed by atoms with Gasteiger partial charge in [0.25, 0.3) is 5.91 Å². The van der Waals surface area contributed by atoms with Crippen molar-refractivity contribution in [1.29, 1.82) is 0 Å². The second-order valence-corrected chi connectivity index (χ2v) is 10.1. The number of amides is 1. The Morgan fingerprint density at radius 1 is 1.05 bits per heavy atom. The number of anilines is 1. The maximum absolute atomic E-state index is 15.4. The fourth-order valence-corrected chi connectivity index (χ4v) is 5.36. The van der Waals surface area contributed by atoms with E-state index < -0.39 is 11.9 Å². The molecule has 0 radical (unpaired) electrons. The van der Waals surface area contributed by atoms with Crippen LogP contribution in [0.3, 0.4) is 0 Å². The highest BCUT2D eigenvalue weighted by Crippen LogP contribution is 2.34. The number of hydrogen-bond acceptors (Lipinski definition) is 5. The molecule has 1 aliphatic carbocycles. The maximum atomic E-state index is 15.4. The second kappa shape index (κ2) is 10.9.